The van der Waals surface area contributed by atoms with Crippen molar-refractivity contribution in [1.82, 2.24) is 0 Å². The summed E-state index contributed by atoms with van der Waals surface area (Å²) in [6.07, 6.45) is 0.695. The summed E-state index contributed by atoms with van der Waals surface area (Å²) >= 11 is 0. The van der Waals surface area contributed by atoms with E-state index in [0.717, 1.165) is 0 Å². The van der Waals surface area contributed by atoms with Crippen LogP contribution in [0.1, 0.15) is 19.8 Å². The van der Waals surface area contributed by atoms with Crippen molar-refractivity contribution in [2.75, 3.05) is 0 Å². The lowest BCUT2D eigenvalue weighted by Crippen LogP contribution is -2.43. The highest BCUT2D eigenvalue weighted by molar-refractivity contribution is 5.98. The number of carbonyl (C=O) groups excluding carboxylic acids is 3. The summed E-state index contributed by atoms with van der Waals surface area (Å²) < 4.78 is 15.2. The molecule has 16 heavy (non-hydrogen) atoms. The first-order chi connectivity index (χ1) is 7.53. The molecule has 3 rings (SSSR count). The summed E-state index contributed by atoms with van der Waals surface area (Å²) in [7, 11) is 0. The molecule has 0 radical (unpaired) electrons. The van der Waals surface area contributed by atoms with Gasteiger partial charge >= 0.3 is 17.9 Å². The number of fused-ring (bicyclic) bond motifs is 5. The Kier molecular flexibility index (Phi) is 1.72. The second-order valence-electron chi connectivity index (χ2n) is 4.34. The van der Waals surface area contributed by atoms with Crippen molar-refractivity contribution in [3.8, 4) is 0 Å². The third-order valence-corrected chi connectivity index (χ3v) is 3.41. The van der Waals surface area contributed by atoms with Crippen molar-refractivity contribution in [2.24, 2.45) is 11.8 Å². The van der Waals surface area contributed by atoms with E-state index in [9.17, 15) is 14.4 Å². The normalized spacial score (nSPS) is 44.4. The van der Waals surface area contributed by atoms with E-state index in [-0.39, 0.29) is 6.10 Å². The predicted octanol–water partition coefficient (Wildman–Crippen LogP) is -0.246. The smallest absolute Gasteiger partial charge is 0.324 e. The molecule has 0 saturated carbocycles. The summed E-state index contributed by atoms with van der Waals surface area (Å²) in [4.78, 5) is 34.0. The molecule has 3 aliphatic heterocycles. The maximum absolute atomic E-state index is 11.5. The fraction of sp³-hybridized carbons (Fsp3) is 0.700. The molecule has 0 aromatic heterocycles. The molecule has 0 aromatic carbocycles. The molecule has 0 N–H and O–H groups in total. The summed E-state index contributed by atoms with van der Waals surface area (Å²) in [5.74, 6) is -4.35. The Bertz CT molecular complexity index is 402. The Labute approximate surface area is 90.8 Å². The SMILES string of the molecule is CC(=O)O[C@@]12CC[C@@H](O1)[C@H]1C(=O)OC(=O)[C@H]12. The van der Waals surface area contributed by atoms with E-state index >= 15 is 0 Å². The lowest BCUT2D eigenvalue weighted by Gasteiger charge is -2.28. The molecule has 0 aromatic rings. The summed E-state index contributed by atoms with van der Waals surface area (Å²) in [6, 6.07) is 0. The Morgan fingerprint density at radius 1 is 1.44 bits per heavy atom. The highest BCUT2D eigenvalue weighted by Gasteiger charge is 2.71. The maximum atomic E-state index is 11.5. The van der Waals surface area contributed by atoms with Gasteiger partial charge in [-0.25, -0.2) is 0 Å². The Hall–Kier alpha value is -1.43. The maximum Gasteiger partial charge on any atom is 0.324 e. The molecule has 86 valence electrons. The largest absolute Gasteiger partial charge is 0.432 e. The zero-order valence-corrected chi connectivity index (χ0v) is 8.60. The fourth-order valence-corrected chi connectivity index (χ4v) is 2.91. The van der Waals surface area contributed by atoms with Crippen molar-refractivity contribution >= 4 is 17.9 Å². The standard InChI is InChI=1S/C10H10O6/c1-4(11)15-10-3-2-5(16-10)6-7(10)9(13)14-8(6)12/h5-7H,2-3H2,1H3/t5-,6-,7+,10+/m1/s1. The molecule has 3 fully saturated rings. The third-order valence-electron chi connectivity index (χ3n) is 3.41. The molecule has 3 heterocycles. The first kappa shape index (κ1) is 9.77. The average Bonchev–Trinajstić information content (AvgIpc) is 2.77. The number of hydrogen-bond donors (Lipinski definition) is 0. The number of ether oxygens (including phenoxy) is 3. The third kappa shape index (κ3) is 1.02. The lowest BCUT2D eigenvalue weighted by atomic mass is 9.79. The molecular formula is C10H10O6. The Morgan fingerprint density at radius 2 is 2.19 bits per heavy atom. The quantitative estimate of drug-likeness (QED) is 0.453. The van der Waals surface area contributed by atoms with E-state index in [0.29, 0.717) is 12.8 Å². The highest BCUT2D eigenvalue weighted by atomic mass is 16.7. The summed E-state index contributed by atoms with van der Waals surface area (Å²) in [6.45, 7) is 1.25. The van der Waals surface area contributed by atoms with Gasteiger partial charge in [-0.2, -0.15) is 0 Å². The van der Waals surface area contributed by atoms with Gasteiger partial charge in [-0.05, 0) is 6.42 Å². The monoisotopic (exact) mass is 226 g/mol. The van der Waals surface area contributed by atoms with Crippen molar-refractivity contribution in [3.05, 3.63) is 0 Å². The summed E-state index contributed by atoms with van der Waals surface area (Å²) in [5.41, 5.74) is 0. The van der Waals surface area contributed by atoms with Crippen molar-refractivity contribution in [2.45, 2.75) is 31.7 Å². The van der Waals surface area contributed by atoms with E-state index in [1.807, 2.05) is 0 Å². The molecule has 3 aliphatic rings. The van der Waals surface area contributed by atoms with Gasteiger partial charge in [0, 0.05) is 13.3 Å². The van der Waals surface area contributed by atoms with Gasteiger partial charge in [-0.15, -0.1) is 0 Å². The fourth-order valence-electron chi connectivity index (χ4n) is 2.91. The van der Waals surface area contributed by atoms with Crippen LogP contribution in [0, 0.1) is 11.8 Å². The Morgan fingerprint density at radius 3 is 2.88 bits per heavy atom. The lowest BCUT2D eigenvalue weighted by molar-refractivity contribution is -0.219. The predicted molar refractivity (Wildman–Crippen MR) is 46.7 cm³/mol. The van der Waals surface area contributed by atoms with Crippen molar-refractivity contribution in [1.29, 1.82) is 0 Å². The summed E-state index contributed by atoms with van der Waals surface area (Å²) in [5, 5.41) is 0. The first-order valence-corrected chi connectivity index (χ1v) is 5.16. The number of cyclic esters (lactones) is 2. The minimum atomic E-state index is -1.26. The molecule has 4 atom stereocenters. The van der Waals surface area contributed by atoms with Crippen molar-refractivity contribution in [3.63, 3.8) is 0 Å². The number of carbonyl (C=O) groups is 3. The van der Waals surface area contributed by atoms with Gasteiger partial charge in [0.25, 0.3) is 0 Å². The van der Waals surface area contributed by atoms with Gasteiger partial charge in [0.05, 0.1) is 6.10 Å². The molecule has 0 unspecified atom stereocenters. The van der Waals surface area contributed by atoms with Gasteiger partial charge in [-0.3, -0.25) is 14.4 Å². The molecule has 0 amide bonds. The topological polar surface area (TPSA) is 78.9 Å². The second-order valence-corrected chi connectivity index (χ2v) is 4.34. The molecule has 3 saturated heterocycles. The molecule has 2 bridgehead atoms. The van der Waals surface area contributed by atoms with Crippen LogP contribution in [0.4, 0.5) is 0 Å². The van der Waals surface area contributed by atoms with Crippen LogP contribution < -0.4 is 0 Å². The average molecular weight is 226 g/mol. The number of rotatable bonds is 1. The van der Waals surface area contributed by atoms with E-state index in [4.69, 9.17) is 9.47 Å². The van der Waals surface area contributed by atoms with Gasteiger partial charge in [0.15, 0.2) is 0 Å². The minimum absolute atomic E-state index is 0.358. The van der Waals surface area contributed by atoms with Gasteiger partial charge in [0.2, 0.25) is 5.79 Å². The van der Waals surface area contributed by atoms with Crippen LogP contribution in [0.15, 0.2) is 0 Å². The van der Waals surface area contributed by atoms with Crippen LogP contribution >= 0.6 is 0 Å². The Balaban J connectivity index is 1.99. The number of hydrogen-bond acceptors (Lipinski definition) is 6. The number of esters is 3. The van der Waals surface area contributed by atoms with E-state index in [1.54, 1.807) is 0 Å². The van der Waals surface area contributed by atoms with Crippen molar-refractivity contribution < 1.29 is 28.6 Å². The molecule has 0 aliphatic carbocycles. The molecular weight excluding hydrogens is 216 g/mol. The van der Waals surface area contributed by atoms with E-state index in [2.05, 4.69) is 4.74 Å². The molecule has 0 spiro atoms. The van der Waals surface area contributed by atoms with E-state index < -0.39 is 35.5 Å². The zero-order chi connectivity index (χ0) is 11.5. The highest BCUT2D eigenvalue weighted by Crippen LogP contribution is 2.55. The molecule has 6 heteroatoms. The molecule has 6 nitrogen and oxygen atoms in total. The van der Waals surface area contributed by atoms with Crippen LogP contribution in [0.3, 0.4) is 0 Å². The van der Waals surface area contributed by atoms with Gasteiger partial charge in [0.1, 0.15) is 11.8 Å². The van der Waals surface area contributed by atoms with Gasteiger partial charge in [-0.1, -0.05) is 0 Å². The van der Waals surface area contributed by atoms with Crippen LogP contribution in [0.5, 0.6) is 0 Å². The first-order valence-electron chi connectivity index (χ1n) is 5.16. The van der Waals surface area contributed by atoms with E-state index in [1.165, 1.54) is 6.92 Å². The van der Waals surface area contributed by atoms with Crippen LogP contribution in [0.2, 0.25) is 0 Å². The van der Waals surface area contributed by atoms with Crippen LogP contribution in [-0.2, 0) is 28.6 Å². The van der Waals surface area contributed by atoms with Crippen LogP contribution in [-0.4, -0.2) is 29.8 Å². The minimum Gasteiger partial charge on any atom is -0.432 e. The zero-order valence-electron chi connectivity index (χ0n) is 8.60. The van der Waals surface area contributed by atoms with Gasteiger partial charge < -0.3 is 14.2 Å². The van der Waals surface area contributed by atoms with Crippen LogP contribution in [0.25, 0.3) is 0 Å². The second kappa shape index (κ2) is 2.82.